The molecular weight excluding hydrogens is 474 g/mol. The number of fused-ring (bicyclic) bond motifs is 2. The predicted molar refractivity (Wildman–Crippen MR) is 153 cm³/mol. The van der Waals surface area contributed by atoms with Crippen LogP contribution in [0.4, 0.5) is 4.79 Å². The first-order chi connectivity index (χ1) is 17.9. The van der Waals surface area contributed by atoms with Gasteiger partial charge in [0.15, 0.2) is 5.65 Å². The average Bonchev–Trinajstić information content (AvgIpc) is 3.43. The molecule has 1 fully saturated rings. The summed E-state index contributed by atoms with van der Waals surface area (Å²) in [6, 6.07) is 7.11. The fourth-order valence-electron chi connectivity index (χ4n) is 6.29. The molecule has 4 aromatic rings. The van der Waals surface area contributed by atoms with Gasteiger partial charge in [0.05, 0.1) is 5.69 Å². The highest BCUT2D eigenvalue weighted by atomic mass is 16.6. The molecule has 1 aromatic carbocycles. The molecule has 1 saturated heterocycles. The maximum absolute atomic E-state index is 12.9. The molecule has 4 heterocycles. The van der Waals surface area contributed by atoms with E-state index in [2.05, 4.69) is 81.1 Å². The lowest BCUT2D eigenvalue weighted by molar-refractivity contribution is -0.00254. The van der Waals surface area contributed by atoms with E-state index in [-0.39, 0.29) is 18.2 Å². The van der Waals surface area contributed by atoms with Gasteiger partial charge >= 0.3 is 6.09 Å². The van der Waals surface area contributed by atoms with Crippen molar-refractivity contribution < 1.29 is 9.53 Å². The standard InChI is InChI=1S/C31H41N5O2/c1-17(2)27-24-14-22(23-12-18(3)36(19(4)13-23)30(37)38-31(7,8)9)10-11-26(24)33-28(27)25-15-35-16-32-34-29(35)21(6)20(25)5/h10-11,14-19,23,33H,12-13H2,1-9H3. The first-order valence-corrected chi connectivity index (χ1v) is 13.8. The SMILES string of the molecule is Cc1c(-c2[nH]c3ccc(C4CC(C)N(C(=O)OC(C)(C)C)C(C)C4)cc3c2C(C)C)cn2cnnc2c1C. The van der Waals surface area contributed by atoms with E-state index in [1.54, 1.807) is 6.33 Å². The number of nitrogens with one attached hydrogen (secondary N) is 1. The Labute approximate surface area is 225 Å². The molecule has 2 unspecified atom stereocenters. The summed E-state index contributed by atoms with van der Waals surface area (Å²) in [5.41, 5.74) is 8.96. The number of hydrogen-bond acceptors (Lipinski definition) is 4. The number of rotatable bonds is 3. The zero-order valence-electron chi connectivity index (χ0n) is 24.2. The molecule has 3 aromatic heterocycles. The van der Waals surface area contributed by atoms with Crippen LogP contribution in [0, 0.1) is 13.8 Å². The quantitative estimate of drug-likeness (QED) is 0.306. The summed E-state index contributed by atoms with van der Waals surface area (Å²) in [4.78, 5) is 18.6. The third-order valence-electron chi connectivity index (χ3n) is 8.13. The molecule has 0 bridgehead atoms. The molecule has 1 N–H and O–H groups in total. The number of carbonyl (C=O) groups excluding carboxylic acids is 1. The minimum Gasteiger partial charge on any atom is -0.444 e. The largest absolute Gasteiger partial charge is 0.444 e. The van der Waals surface area contributed by atoms with E-state index in [1.165, 1.54) is 33.3 Å². The topological polar surface area (TPSA) is 75.5 Å². The van der Waals surface area contributed by atoms with Crippen molar-refractivity contribution in [2.75, 3.05) is 0 Å². The molecule has 7 heteroatoms. The van der Waals surface area contributed by atoms with Gasteiger partial charge in [-0.3, -0.25) is 4.40 Å². The van der Waals surface area contributed by atoms with E-state index < -0.39 is 5.60 Å². The second kappa shape index (κ2) is 9.44. The number of aryl methyl sites for hydroxylation is 1. The maximum atomic E-state index is 12.9. The molecule has 202 valence electrons. The number of H-pyrrole nitrogens is 1. The fourth-order valence-corrected chi connectivity index (χ4v) is 6.29. The molecule has 2 atom stereocenters. The Morgan fingerprint density at radius 3 is 2.42 bits per heavy atom. The molecule has 0 spiro atoms. The number of aromatic amines is 1. The summed E-state index contributed by atoms with van der Waals surface area (Å²) in [5, 5.41) is 9.69. The van der Waals surface area contributed by atoms with E-state index in [0.717, 1.165) is 29.6 Å². The number of hydrogen-bond donors (Lipinski definition) is 1. The predicted octanol–water partition coefficient (Wildman–Crippen LogP) is 7.51. The number of likely N-dealkylation sites (tertiary alicyclic amines) is 1. The third kappa shape index (κ3) is 4.56. The van der Waals surface area contributed by atoms with Crippen molar-refractivity contribution in [2.45, 2.75) is 105 Å². The van der Waals surface area contributed by atoms with Crippen molar-refractivity contribution in [1.82, 2.24) is 24.5 Å². The number of carbonyl (C=O) groups is 1. The van der Waals surface area contributed by atoms with Gasteiger partial charge in [-0.2, -0.15) is 0 Å². The molecule has 0 aliphatic carbocycles. The zero-order valence-corrected chi connectivity index (χ0v) is 24.2. The van der Waals surface area contributed by atoms with Gasteiger partial charge in [-0.25, -0.2) is 4.79 Å². The Balaban J connectivity index is 1.52. The number of ether oxygens (including phenoxy) is 1. The van der Waals surface area contributed by atoms with Gasteiger partial charge in [0.25, 0.3) is 0 Å². The molecular formula is C31H41N5O2. The molecule has 0 saturated carbocycles. The lowest BCUT2D eigenvalue weighted by Gasteiger charge is -2.43. The van der Waals surface area contributed by atoms with Crippen LogP contribution in [0.1, 0.15) is 95.4 Å². The average molecular weight is 516 g/mol. The second-order valence-electron chi connectivity index (χ2n) is 12.5. The number of benzene rings is 1. The van der Waals surface area contributed by atoms with Crippen LogP contribution in [0.3, 0.4) is 0 Å². The van der Waals surface area contributed by atoms with E-state index >= 15 is 0 Å². The second-order valence-corrected chi connectivity index (χ2v) is 12.5. The highest BCUT2D eigenvalue weighted by Gasteiger charge is 2.37. The lowest BCUT2D eigenvalue weighted by atomic mass is 9.82. The van der Waals surface area contributed by atoms with Gasteiger partial charge in [0, 0.05) is 34.7 Å². The molecule has 1 amide bonds. The van der Waals surface area contributed by atoms with Gasteiger partial charge in [0.2, 0.25) is 0 Å². The van der Waals surface area contributed by atoms with Crippen LogP contribution < -0.4 is 0 Å². The summed E-state index contributed by atoms with van der Waals surface area (Å²) in [6.07, 6.45) is 5.55. The van der Waals surface area contributed by atoms with Crippen LogP contribution in [0.5, 0.6) is 0 Å². The number of amides is 1. The molecule has 1 aliphatic rings. The Morgan fingerprint density at radius 2 is 1.79 bits per heavy atom. The highest BCUT2D eigenvalue weighted by molar-refractivity contribution is 5.92. The molecule has 0 radical (unpaired) electrons. The summed E-state index contributed by atoms with van der Waals surface area (Å²) < 4.78 is 7.73. The highest BCUT2D eigenvalue weighted by Crippen LogP contribution is 2.41. The van der Waals surface area contributed by atoms with Crippen LogP contribution in [0.25, 0.3) is 27.8 Å². The van der Waals surface area contributed by atoms with Crippen molar-refractivity contribution in [1.29, 1.82) is 0 Å². The Morgan fingerprint density at radius 1 is 1.11 bits per heavy atom. The van der Waals surface area contributed by atoms with Crippen LogP contribution in [0.2, 0.25) is 0 Å². The van der Waals surface area contributed by atoms with Crippen LogP contribution in [0.15, 0.2) is 30.7 Å². The Bertz CT molecular complexity index is 1490. The van der Waals surface area contributed by atoms with Gasteiger partial charge in [-0.05, 0) is 108 Å². The molecule has 38 heavy (non-hydrogen) atoms. The molecule has 5 rings (SSSR count). The molecule has 1 aliphatic heterocycles. The van der Waals surface area contributed by atoms with E-state index in [4.69, 9.17) is 4.74 Å². The normalized spacial score (nSPS) is 20.6. The lowest BCUT2D eigenvalue weighted by Crippen LogP contribution is -2.51. The third-order valence-corrected chi connectivity index (χ3v) is 8.13. The minimum absolute atomic E-state index is 0.113. The van der Waals surface area contributed by atoms with E-state index in [1.807, 2.05) is 30.1 Å². The number of aromatic nitrogens is 4. The van der Waals surface area contributed by atoms with Crippen molar-refractivity contribution in [3.8, 4) is 11.3 Å². The molecule has 7 nitrogen and oxygen atoms in total. The van der Waals surface area contributed by atoms with Gasteiger partial charge < -0.3 is 14.6 Å². The number of piperidine rings is 1. The number of pyridine rings is 1. The number of nitrogens with zero attached hydrogens (tertiary/aromatic N) is 4. The Kier molecular flexibility index (Phi) is 6.52. The van der Waals surface area contributed by atoms with Crippen LogP contribution in [-0.4, -0.2) is 48.3 Å². The van der Waals surface area contributed by atoms with Crippen LogP contribution in [-0.2, 0) is 4.74 Å². The zero-order chi connectivity index (χ0) is 27.5. The fraction of sp³-hybridized carbons (Fsp3) is 0.516. The first kappa shape index (κ1) is 26.3. The maximum Gasteiger partial charge on any atom is 0.410 e. The van der Waals surface area contributed by atoms with Crippen LogP contribution >= 0.6 is 0 Å². The summed E-state index contributed by atoms with van der Waals surface area (Å²) in [5.74, 6) is 0.732. The van der Waals surface area contributed by atoms with Gasteiger partial charge in [0.1, 0.15) is 11.9 Å². The van der Waals surface area contributed by atoms with E-state index in [9.17, 15) is 4.79 Å². The van der Waals surface area contributed by atoms with Gasteiger partial charge in [-0.15, -0.1) is 10.2 Å². The summed E-state index contributed by atoms with van der Waals surface area (Å²) >= 11 is 0. The van der Waals surface area contributed by atoms with Crippen molar-refractivity contribution in [2.24, 2.45) is 0 Å². The summed E-state index contributed by atoms with van der Waals surface area (Å²) in [7, 11) is 0. The minimum atomic E-state index is -0.493. The monoisotopic (exact) mass is 515 g/mol. The first-order valence-electron chi connectivity index (χ1n) is 13.8. The van der Waals surface area contributed by atoms with Crippen molar-refractivity contribution >= 4 is 22.6 Å². The van der Waals surface area contributed by atoms with Gasteiger partial charge in [-0.1, -0.05) is 19.9 Å². The smallest absolute Gasteiger partial charge is 0.410 e. The summed E-state index contributed by atoms with van der Waals surface area (Å²) in [6.45, 7) is 18.9. The van der Waals surface area contributed by atoms with Crippen molar-refractivity contribution in [3.63, 3.8) is 0 Å². The van der Waals surface area contributed by atoms with Crippen molar-refractivity contribution in [3.05, 3.63) is 53.0 Å². The Hall–Kier alpha value is -3.35. The van der Waals surface area contributed by atoms with E-state index in [0.29, 0.717) is 11.8 Å².